The lowest BCUT2D eigenvalue weighted by Crippen LogP contribution is -1.85. The van der Waals surface area contributed by atoms with Gasteiger partial charge in [0.1, 0.15) is 0 Å². The number of nitrogens with zero attached hydrogens (tertiary/aromatic N) is 2. The maximum Gasteiger partial charge on any atom is 0.321 e. The summed E-state index contributed by atoms with van der Waals surface area (Å²) >= 11 is 0. The first-order chi connectivity index (χ1) is 4.83. The highest BCUT2D eigenvalue weighted by molar-refractivity contribution is 5.15. The van der Waals surface area contributed by atoms with Gasteiger partial charge in [-0.2, -0.15) is 4.98 Å². The van der Waals surface area contributed by atoms with Crippen LogP contribution in [0.2, 0.25) is 0 Å². The number of rotatable bonds is 1. The second kappa shape index (κ2) is 4.78. The molecular weight excluding hydrogens is 130 g/mol. The number of hydrogen-bond acceptors (Lipinski definition) is 4. The molecule has 4 heteroatoms. The molecule has 1 aromatic rings. The minimum absolute atomic E-state index is 0.461. The molecule has 0 radical (unpaired) electrons. The zero-order valence-corrected chi connectivity index (χ0v) is 6.80. The number of anilines is 1. The molecule has 10 heavy (non-hydrogen) atoms. The fourth-order valence-electron chi connectivity index (χ4n) is 0.399. The van der Waals surface area contributed by atoms with Gasteiger partial charge in [-0.05, 0) is 6.92 Å². The second-order valence-corrected chi connectivity index (χ2v) is 1.40. The molecule has 0 spiro atoms. The third-order valence-electron chi connectivity index (χ3n) is 0.741. The summed E-state index contributed by atoms with van der Waals surface area (Å²) in [7, 11) is 1.73. The van der Waals surface area contributed by atoms with Crippen LogP contribution in [0.15, 0.2) is 4.52 Å². The van der Waals surface area contributed by atoms with Gasteiger partial charge in [-0.1, -0.05) is 19.0 Å². The highest BCUT2D eigenvalue weighted by atomic mass is 16.5. The average Bonchev–Trinajstić information content (AvgIpc) is 2.40. The summed E-state index contributed by atoms with van der Waals surface area (Å²) in [5.74, 6) is 0.648. The van der Waals surface area contributed by atoms with Gasteiger partial charge >= 0.3 is 6.01 Å². The topological polar surface area (TPSA) is 51.0 Å². The number of hydrogen-bond donors (Lipinski definition) is 1. The lowest BCUT2D eigenvalue weighted by atomic mass is 10.7. The maximum atomic E-state index is 4.64. The highest BCUT2D eigenvalue weighted by Crippen LogP contribution is 1.98. The van der Waals surface area contributed by atoms with Crippen molar-refractivity contribution in [2.45, 2.75) is 20.8 Å². The van der Waals surface area contributed by atoms with E-state index in [-0.39, 0.29) is 0 Å². The van der Waals surface area contributed by atoms with Crippen molar-refractivity contribution in [1.82, 2.24) is 10.1 Å². The monoisotopic (exact) mass is 143 g/mol. The van der Waals surface area contributed by atoms with Crippen LogP contribution in [-0.2, 0) is 0 Å². The Bertz CT molecular complexity index is 173. The minimum Gasteiger partial charge on any atom is -0.341 e. The highest BCUT2D eigenvalue weighted by Gasteiger charge is 1.94. The van der Waals surface area contributed by atoms with E-state index in [9.17, 15) is 0 Å². The molecule has 0 amide bonds. The van der Waals surface area contributed by atoms with Crippen LogP contribution in [0.3, 0.4) is 0 Å². The van der Waals surface area contributed by atoms with E-state index in [4.69, 9.17) is 0 Å². The summed E-state index contributed by atoms with van der Waals surface area (Å²) < 4.78 is 4.64. The Labute approximate surface area is 60.6 Å². The van der Waals surface area contributed by atoms with Gasteiger partial charge in [-0.15, -0.1) is 0 Å². The van der Waals surface area contributed by atoms with E-state index < -0.39 is 0 Å². The summed E-state index contributed by atoms with van der Waals surface area (Å²) in [5.41, 5.74) is 0. The van der Waals surface area contributed by atoms with E-state index in [0.717, 1.165) is 0 Å². The molecule has 1 heterocycles. The van der Waals surface area contributed by atoms with Gasteiger partial charge in [-0.3, -0.25) is 0 Å². The summed E-state index contributed by atoms with van der Waals surface area (Å²) in [4.78, 5) is 3.84. The molecular formula is C6H13N3O. The summed E-state index contributed by atoms with van der Waals surface area (Å²) in [6.07, 6.45) is 0. The van der Waals surface area contributed by atoms with Gasteiger partial charge in [0.25, 0.3) is 0 Å². The van der Waals surface area contributed by atoms with Crippen molar-refractivity contribution in [3.63, 3.8) is 0 Å². The molecule has 0 aliphatic heterocycles. The van der Waals surface area contributed by atoms with Gasteiger partial charge in [0, 0.05) is 7.05 Å². The molecule has 0 unspecified atom stereocenters. The fraction of sp³-hybridized carbons (Fsp3) is 0.667. The SMILES string of the molecule is CC.CNc1nc(C)no1. The van der Waals surface area contributed by atoms with Crippen LogP contribution in [0, 0.1) is 6.92 Å². The maximum absolute atomic E-state index is 4.64. The number of aryl methyl sites for hydroxylation is 1. The first-order valence-electron chi connectivity index (χ1n) is 3.31. The Hall–Kier alpha value is -1.06. The second-order valence-electron chi connectivity index (χ2n) is 1.40. The van der Waals surface area contributed by atoms with Crippen LogP contribution in [0.1, 0.15) is 19.7 Å². The van der Waals surface area contributed by atoms with Gasteiger partial charge in [-0.25, -0.2) is 0 Å². The average molecular weight is 143 g/mol. The normalized spacial score (nSPS) is 8.00. The van der Waals surface area contributed by atoms with E-state index in [1.54, 1.807) is 14.0 Å². The van der Waals surface area contributed by atoms with Crippen molar-refractivity contribution in [2.24, 2.45) is 0 Å². The molecule has 0 bridgehead atoms. The predicted octanol–water partition coefficient (Wildman–Crippen LogP) is 1.45. The van der Waals surface area contributed by atoms with E-state index in [1.807, 2.05) is 13.8 Å². The molecule has 0 saturated heterocycles. The predicted molar refractivity (Wildman–Crippen MR) is 39.9 cm³/mol. The molecule has 58 valence electrons. The van der Waals surface area contributed by atoms with Crippen molar-refractivity contribution in [1.29, 1.82) is 0 Å². The Morgan fingerprint density at radius 1 is 1.40 bits per heavy atom. The lowest BCUT2D eigenvalue weighted by molar-refractivity contribution is 0.427. The Kier molecular flexibility index (Phi) is 4.28. The van der Waals surface area contributed by atoms with Crippen LogP contribution < -0.4 is 5.32 Å². The van der Waals surface area contributed by atoms with Gasteiger partial charge in [0.2, 0.25) is 0 Å². The van der Waals surface area contributed by atoms with Gasteiger partial charge in [0.05, 0.1) is 0 Å². The van der Waals surface area contributed by atoms with Crippen molar-refractivity contribution < 1.29 is 4.52 Å². The van der Waals surface area contributed by atoms with Crippen LogP contribution in [0.25, 0.3) is 0 Å². The molecule has 4 nitrogen and oxygen atoms in total. The first-order valence-corrected chi connectivity index (χ1v) is 3.31. The third-order valence-corrected chi connectivity index (χ3v) is 0.741. The quantitative estimate of drug-likeness (QED) is 0.646. The standard InChI is InChI=1S/C4H7N3O.C2H6/c1-3-6-4(5-2)8-7-3;1-2/h1-2H3,(H,5,6,7);1-2H3. The largest absolute Gasteiger partial charge is 0.341 e. The van der Waals surface area contributed by atoms with Crippen LogP contribution in [0.4, 0.5) is 6.01 Å². The third kappa shape index (κ3) is 2.48. The smallest absolute Gasteiger partial charge is 0.321 e. The first kappa shape index (κ1) is 8.94. The minimum atomic E-state index is 0.461. The van der Waals surface area contributed by atoms with Crippen molar-refractivity contribution in [3.05, 3.63) is 5.82 Å². The molecule has 0 atom stereocenters. The van der Waals surface area contributed by atoms with E-state index in [2.05, 4.69) is 20.0 Å². The number of nitrogens with one attached hydrogen (secondary N) is 1. The van der Waals surface area contributed by atoms with E-state index in [1.165, 1.54) is 0 Å². The van der Waals surface area contributed by atoms with Crippen molar-refractivity contribution in [3.8, 4) is 0 Å². The van der Waals surface area contributed by atoms with Gasteiger partial charge < -0.3 is 9.84 Å². The molecule has 0 saturated carbocycles. The van der Waals surface area contributed by atoms with Gasteiger partial charge in [0.15, 0.2) is 5.82 Å². The molecule has 0 aromatic carbocycles. The van der Waals surface area contributed by atoms with Crippen molar-refractivity contribution in [2.75, 3.05) is 12.4 Å². The van der Waals surface area contributed by atoms with E-state index >= 15 is 0 Å². The molecule has 0 fully saturated rings. The molecule has 1 rings (SSSR count). The summed E-state index contributed by atoms with van der Waals surface area (Å²) in [6.45, 7) is 5.77. The molecule has 1 N–H and O–H groups in total. The van der Waals surface area contributed by atoms with E-state index in [0.29, 0.717) is 11.8 Å². The number of aromatic nitrogens is 2. The van der Waals surface area contributed by atoms with Crippen LogP contribution in [0.5, 0.6) is 0 Å². The molecule has 0 aliphatic rings. The van der Waals surface area contributed by atoms with Crippen LogP contribution in [-0.4, -0.2) is 17.2 Å². The summed E-state index contributed by atoms with van der Waals surface area (Å²) in [5, 5.41) is 6.25. The molecule has 0 aliphatic carbocycles. The van der Waals surface area contributed by atoms with Crippen molar-refractivity contribution >= 4 is 6.01 Å². The fourth-order valence-corrected chi connectivity index (χ4v) is 0.399. The van der Waals surface area contributed by atoms with Crippen LogP contribution >= 0.6 is 0 Å². The summed E-state index contributed by atoms with van der Waals surface area (Å²) in [6, 6.07) is 0.461. The Balaban J connectivity index is 0.000000371. The lowest BCUT2D eigenvalue weighted by Gasteiger charge is -1.81. The zero-order valence-electron chi connectivity index (χ0n) is 6.80. The Morgan fingerprint density at radius 3 is 2.20 bits per heavy atom. The Morgan fingerprint density at radius 2 is 2.00 bits per heavy atom. The molecule has 1 aromatic heterocycles. The zero-order chi connectivity index (χ0) is 7.98.